The first-order chi connectivity index (χ1) is 9.19. The number of benzene rings is 1. The van der Waals surface area contributed by atoms with Crippen molar-refractivity contribution in [2.75, 3.05) is 6.61 Å². The Morgan fingerprint density at radius 1 is 1.32 bits per heavy atom. The van der Waals surface area contributed by atoms with Crippen molar-refractivity contribution in [3.05, 3.63) is 34.3 Å². The van der Waals surface area contributed by atoms with Crippen LogP contribution in [0.15, 0.2) is 28.7 Å². The smallest absolute Gasteiger partial charge is 0.0820 e. The number of aliphatic hydroxyl groups excluding tert-OH is 1. The number of aliphatic hydroxyl groups is 1. The molecule has 1 spiro atoms. The summed E-state index contributed by atoms with van der Waals surface area (Å²) in [5.41, 5.74) is 1.10. The maximum Gasteiger partial charge on any atom is 0.0820 e. The van der Waals surface area contributed by atoms with E-state index in [0.29, 0.717) is 5.92 Å². The van der Waals surface area contributed by atoms with E-state index in [9.17, 15) is 5.11 Å². The van der Waals surface area contributed by atoms with Crippen molar-refractivity contribution in [1.29, 1.82) is 0 Å². The van der Waals surface area contributed by atoms with Crippen LogP contribution in [0.1, 0.15) is 50.2 Å². The fourth-order valence-electron chi connectivity index (χ4n) is 3.67. The summed E-state index contributed by atoms with van der Waals surface area (Å²) in [5.74, 6) is 0.334. The maximum absolute atomic E-state index is 10.6. The second kappa shape index (κ2) is 5.55. The predicted molar refractivity (Wildman–Crippen MR) is 79.0 cm³/mol. The van der Waals surface area contributed by atoms with Crippen LogP contribution >= 0.6 is 15.9 Å². The second-order valence-electron chi connectivity index (χ2n) is 5.99. The van der Waals surface area contributed by atoms with E-state index in [1.54, 1.807) is 0 Å². The van der Waals surface area contributed by atoms with Crippen LogP contribution < -0.4 is 0 Å². The van der Waals surface area contributed by atoms with Crippen molar-refractivity contribution >= 4 is 15.9 Å². The highest BCUT2D eigenvalue weighted by molar-refractivity contribution is 9.10. The highest BCUT2D eigenvalue weighted by Crippen LogP contribution is 2.45. The monoisotopic (exact) mass is 324 g/mol. The van der Waals surface area contributed by atoms with Crippen molar-refractivity contribution in [3.8, 4) is 0 Å². The molecule has 3 heteroatoms. The number of halogens is 1. The van der Waals surface area contributed by atoms with Crippen molar-refractivity contribution in [2.45, 2.75) is 50.2 Å². The molecule has 1 heterocycles. The first kappa shape index (κ1) is 13.6. The van der Waals surface area contributed by atoms with Gasteiger partial charge in [-0.2, -0.15) is 0 Å². The minimum atomic E-state index is -0.362. The average molecular weight is 325 g/mol. The van der Waals surface area contributed by atoms with Crippen molar-refractivity contribution < 1.29 is 9.84 Å². The van der Waals surface area contributed by atoms with Gasteiger partial charge in [-0.3, -0.25) is 0 Å². The van der Waals surface area contributed by atoms with Gasteiger partial charge in [0.1, 0.15) is 0 Å². The van der Waals surface area contributed by atoms with Gasteiger partial charge in [0.15, 0.2) is 0 Å². The fourth-order valence-corrected chi connectivity index (χ4v) is 4.08. The first-order valence-electron chi connectivity index (χ1n) is 7.26. The maximum atomic E-state index is 10.6. The summed E-state index contributed by atoms with van der Waals surface area (Å²) in [4.78, 5) is 0. The lowest BCUT2D eigenvalue weighted by Crippen LogP contribution is -2.39. The molecule has 2 fully saturated rings. The zero-order valence-corrected chi connectivity index (χ0v) is 12.7. The zero-order valence-electron chi connectivity index (χ0n) is 11.1. The molecule has 2 nitrogen and oxygen atoms in total. The molecule has 0 aromatic heterocycles. The SMILES string of the molecule is OC(c1cccc(Br)c1)C1CCOC2(CCCC2)C1. The number of hydrogen-bond donors (Lipinski definition) is 1. The van der Waals surface area contributed by atoms with E-state index in [0.717, 1.165) is 29.5 Å². The van der Waals surface area contributed by atoms with Gasteiger partial charge in [0.25, 0.3) is 0 Å². The van der Waals surface area contributed by atoms with Gasteiger partial charge >= 0.3 is 0 Å². The Balaban J connectivity index is 1.74. The number of hydrogen-bond acceptors (Lipinski definition) is 2. The summed E-state index contributed by atoms with van der Waals surface area (Å²) in [6.07, 6.45) is 6.53. The molecule has 1 aromatic rings. The highest BCUT2D eigenvalue weighted by Gasteiger charge is 2.41. The summed E-state index contributed by atoms with van der Waals surface area (Å²) in [5, 5.41) is 10.6. The van der Waals surface area contributed by atoms with E-state index >= 15 is 0 Å². The van der Waals surface area contributed by atoms with Gasteiger partial charge in [-0.15, -0.1) is 0 Å². The third kappa shape index (κ3) is 2.88. The van der Waals surface area contributed by atoms with E-state index in [4.69, 9.17) is 4.74 Å². The van der Waals surface area contributed by atoms with Crippen LogP contribution in [0.4, 0.5) is 0 Å². The van der Waals surface area contributed by atoms with Gasteiger partial charge in [0.2, 0.25) is 0 Å². The Bertz CT molecular complexity index is 440. The summed E-state index contributed by atoms with van der Waals surface area (Å²) in [6.45, 7) is 0.801. The van der Waals surface area contributed by atoms with Crippen LogP contribution in [0.25, 0.3) is 0 Å². The molecule has 2 atom stereocenters. The summed E-state index contributed by atoms with van der Waals surface area (Å²) in [7, 11) is 0. The van der Waals surface area contributed by atoms with E-state index in [1.165, 1.54) is 25.7 Å². The van der Waals surface area contributed by atoms with Gasteiger partial charge in [-0.25, -0.2) is 0 Å². The average Bonchev–Trinajstić information content (AvgIpc) is 2.86. The standard InChI is InChI=1S/C16H21BrO2/c17-14-5-3-4-12(10-14)15(18)13-6-9-19-16(11-13)7-1-2-8-16/h3-5,10,13,15,18H,1-2,6-9,11H2. The molecule has 2 aliphatic rings. The third-order valence-electron chi connectivity index (χ3n) is 4.68. The lowest BCUT2D eigenvalue weighted by atomic mass is 9.80. The quantitative estimate of drug-likeness (QED) is 0.882. The van der Waals surface area contributed by atoms with Gasteiger partial charge in [0, 0.05) is 11.1 Å². The van der Waals surface area contributed by atoms with Crippen LogP contribution in [-0.4, -0.2) is 17.3 Å². The molecule has 1 saturated carbocycles. The summed E-state index contributed by atoms with van der Waals surface area (Å²) in [6, 6.07) is 8.04. The van der Waals surface area contributed by atoms with Crippen LogP contribution in [0.5, 0.6) is 0 Å². The molecule has 3 rings (SSSR count). The van der Waals surface area contributed by atoms with E-state index < -0.39 is 0 Å². The molecule has 0 amide bonds. The summed E-state index contributed by atoms with van der Waals surface area (Å²) >= 11 is 3.48. The molecule has 1 aromatic carbocycles. The topological polar surface area (TPSA) is 29.5 Å². The van der Waals surface area contributed by atoms with Crippen molar-refractivity contribution in [2.24, 2.45) is 5.92 Å². The van der Waals surface area contributed by atoms with Gasteiger partial charge in [-0.05, 0) is 49.3 Å². The molecule has 1 aliphatic heterocycles. The van der Waals surface area contributed by atoms with Crippen LogP contribution in [0.3, 0.4) is 0 Å². The van der Waals surface area contributed by atoms with Crippen molar-refractivity contribution in [1.82, 2.24) is 0 Å². The molecule has 2 unspecified atom stereocenters. The number of ether oxygens (including phenoxy) is 1. The first-order valence-corrected chi connectivity index (χ1v) is 8.05. The lowest BCUT2D eigenvalue weighted by Gasteiger charge is -2.40. The Labute approximate surface area is 123 Å². The zero-order chi connectivity index (χ0) is 13.3. The molecule has 0 bridgehead atoms. The van der Waals surface area contributed by atoms with Crippen LogP contribution in [-0.2, 0) is 4.74 Å². The molecule has 1 aliphatic carbocycles. The molecular weight excluding hydrogens is 304 g/mol. The Kier molecular flexibility index (Phi) is 3.97. The van der Waals surface area contributed by atoms with Gasteiger partial charge in [0.05, 0.1) is 11.7 Å². The Hall–Kier alpha value is -0.380. The van der Waals surface area contributed by atoms with Crippen molar-refractivity contribution in [3.63, 3.8) is 0 Å². The largest absolute Gasteiger partial charge is 0.388 e. The minimum absolute atomic E-state index is 0.0793. The van der Waals surface area contributed by atoms with E-state index in [-0.39, 0.29) is 11.7 Å². The normalized spacial score (nSPS) is 27.6. The van der Waals surface area contributed by atoms with Crippen LogP contribution in [0.2, 0.25) is 0 Å². The van der Waals surface area contributed by atoms with Gasteiger partial charge in [-0.1, -0.05) is 40.9 Å². The summed E-state index contributed by atoms with van der Waals surface area (Å²) < 4.78 is 7.08. The molecule has 104 valence electrons. The van der Waals surface area contributed by atoms with E-state index in [1.807, 2.05) is 24.3 Å². The minimum Gasteiger partial charge on any atom is -0.388 e. The van der Waals surface area contributed by atoms with Crippen LogP contribution in [0, 0.1) is 5.92 Å². The fraction of sp³-hybridized carbons (Fsp3) is 0.625. The van der Waals surface area contributed by atoms with E-state index in [2.05, 4.69) is 15.9 Å². The third-order valence-corrected chi connectivity index (χ3v) is 5.18. The van der Waals surface area contributed by atoms with Gasteiger partial charge < -0.3 is 9.84 Å². The lowest BCUT2D eigenvalue weighted by molar-refractivity contribution is -0.113. The Morgan fingerprint density at radius 2 is 2.11 bits per heavy atom. The second-order valence-corrected chi connectivity index (χ2v) is 6.91. The molecule has 1 saturated heterocycles. The molecule has 0 radical (unpaired) electrons. The molecular formula is C16H21BrO2. The molecule has 1 N–H and O–H groups in total. The number of rotatable bonds is 2. The Morgan fingerprint density at radius 3 is 2.84 bits per heavy atom. The highest BCUT2D eigenvalue weighted by atomic mass is 79.9. The molecule has 19 heavy (non-hydrogen) atoms. The predicted octanol–water partition coefficient (Wildman–Crippen LogP) is 4.22.